The molecule has 0 bridgehead atoms. The Morgan fingerprint density at radius 3 is 2.38 bits per heavy atom. The summed E-state index contributed by atoms with van der Waals surface area (Å²) >= 11 is 1.65. The maximum Gasteiger partial charge on any atom is 0.238 e. The van der Waals surface area contributed by atoms with E-state index in [2.05, 4.69) is 52.9 Å². The molecule has 32 heavy (non-hydrogen) atoms. The average molecular weight is 453 g/mol. The quantitative estimate of drug-likeness (QED) is 0.492. The van der Waals surface area contributed by atoms with Gasteiger partial charge in [-0.1, -0.05) is 71.9 Å². The molecule has 0 spiro atoms. The number of carbonyl (C=O) groups excluding carboxylic acids is 2. The molecule has 1 heterocycles. The number of thioether (sulfide) groups is 1. The van der Waals surface area contributed by atoms with Gasteiger partial charge in [0, 0.05) is 17.8 Å². The van der Waals surface area contributed by atoms with E-state index in [1.165, 1.54) is 5.56 Å². The number of anilines is 2. The fourth-order valence-corrected chi connectivity index (χ4v) is 5.67. The molecule has 1 fully saturated rings. The van der Waals surface area contributed by atoms with Gasteiger partial charge in [-0.15, -0.1) is 11.8 Å². The topological polar surface area (TPSA) is 49.4 Å². The second-order valence-electron chi connectivity index (χ2n) is 10.4. The highest BCUT2D eigenvalue weighted by Gasteiger charge is 2.35. The summed E-state index contributed by atoms with van der Waals surface area (Å²) in [5.41, 5.74) is 4.26. The molecule has 3 rings (SSSR count). The lowest BCUT2D eigenvalue weighted by atomic mass is 9.84. The number of amides is 2. The molecule has 4 nitrogen and oxygen atoms in total. The Kier molecular flexibility index (Phi) is 7.71. The molecule has 0 aliphatic carbocycles. The number of benzene rings is 2. The number of para-hydroxylation sites is 1. The van der Waals surface area contributed by atoms with Crippen molar-refractivity contribution in [2.45, 2.75) is 65.7 Å². The number of nitrogens with zero attached hydrogens (tertiary/aromatic N) is 1. The van der Waals surface area contributed by atoms with Crippen molar-refractivity contribution in [2.24, 2.45) is 11.3 Å². The smallest absolute Gasteiger partial charge is 0.238 e. The highest BCUT2D eigenvalue weighted by molar-refractivity contribution is 8.00. The minimum absolute atomic E-state index is 0.0485. The first-order valence-electron chi connectivity index (χ1n) is 11.5. The minimum Gasteiger partial charge on any atom is -0.326 e. The molecule has 2 unspecified atom stereocenters. The Bertz CT molecular complexity index is 947. The van der Waals surface area contributed by atoms with Gasteiger partial charge < -0.3 is 5.32 Å². The molecule has 5 heteroatoms. The van der Waals surface area contributed by atoms with Crippen LogP contribution in [0.4, 0.5) is 11.4 Å². The number of hydrogen-bond acceptors (Lipinski definition) is 3. The monoisotopic (exact) mass is 452 g/mol. The van der Waals surface area contributed by atoms with Crippen molar-refractivity contribution in [1.29, 1.82) is 0 Å². The molecule has 0 saturated carbocycles. The maximum atomic E-state index is 12.8. The molecule has 172 valence electrons. The Labute approximate surface area is 197 Å². The van der Waals surface area contributed by atoms with Crippen molar-refractivity contribution in [3.8, 4) is 0 Å². The molecule has 1 saturated heterocycles. The molecular formula is C27H36N2O2S. The van der Waals surface area contributed by atoms with E-state index in [4.69, 9.17) is 0 Å². The Hall–Kier alpha value is -2.27. The van der Waals surface area contributed by atoms with Crippen LogP contribution in [-0.4, -0.2) is 17.6 Å². The lowest BCUT2D eigenvalue weighted by molar-refractivity contribution is -0.117. The average Bonchev–Trinajstić information content (AvgIpc) is 3.08. The molecular weight excluding hydrogens is 416 g/mol. The highest BCUT2D eigenvalue weighted by atomic mass is 32.2. The molecule has 1 aliphatic heterocycles. The van der Waals surface area contributed by atoms with Crippen LogP contribution in [0.5, 0.6) is 0 Å². The summed E-state index contributed by atoms with van der Waals surface area (Å²) in [4.78, 5) is 27.2. The first kappa shape index (κ1) is 24.4. The van der Waals surface area contributed by atoms with Crippen LogP contribution < -0.4 is 10.2 Å². The third kappa shape index (κ3) is 6.16. The summed E-state index contributed by atoms with van der Waals surface area (Å²) in [5, 5.41) is 2.97. The summed E-state index contributed by atoms with van der Waals surface area (Å²) < 4.78 is 0. The zero-order valence-corrected chi connectivity index (χ0v) is 21.0. The van der Waals surface area contributed by atoms with E-state index in [0.29, 0.717) is 24.0 Å². The van der Waals surface area contributed by atoms with Gasteiger partial charge in [-0.2, -0.15) is 0 Å². The van der Waals surface area contributed by atoms with E-state index in [0.717, 1.165) is 23.4 Å². The predicted octanol–water partition coefficient (Wildman–Crippen LogP) is 6.99. The van der Waals surface area contributed by atoms with Gasteiger partial charge in [0.15, 0.2) is 0 Å². The predicted molar refractivity (Wildman–Crippen MR) is 136 cm³/mol. The summed E-state index contributed by atoms with van der Waals surface area (Å²) in [7, 11) is 0. The fourth-order valence-electron chi connectivity index (χ4n) is 4.50. The van der Waals surface area contributed by atoms with Gasteiger partial charge in [-0.25, -0.2) is 0 Å². The fraction of sp³-hybridized carbons (Fsp3) is 0.481. The normalized spacial score (nSPS) is 17.7. The number of rotatable bonds is 7. The molecule has 2 atom stereocenters. The first-order chi connectivity index (χ1) is 15.0. The highest BCUT2D eigenvalue weighted by Crippen LogP contribution is 2.44. The van der Waals surface area contributed by atoms with Crippen LogP contribution in [0.25, 0.3) is 0 Å². The Morgan fingerprint density at radius 1 is 1.09 bits per heavy atom. The summed E-state index contributed by atoms with van der Waals surface area (Å²) in [6.45, 7) is 13.0. The van der Waals surface area contributed by atoms with Crippen molar-refractivity contribution in [3.63, 3.8) is 0 Å². The maximum absolute atomic E-state index is 12.8. The standard InChI is InChI=1S/C27H36N2O2S/c1-18(2)22-9-7-8-10-23(22)29-25(31)17-32-26(29)20-11-13-21(14-12-20)28-24(30)15-19(3)16-27(4,5)6/h7-14,18-19,26H,15-17H2,1-6H3,(H,28,30). The third-order valence-corrected chi connectivity index (χ3v) is 6.87. The zero-order valence-electron chi connectivity index (χ0n) is 20.1. The molecule has 0 aromatic heterocycles. The van der Waals surface area contributed by atoms with E-state index >= 15 is 0 Å². The van der Waals surface area contributed by atoms with Crippen molar-refractivity contribution in [2.75, 3.05) is 16.0 Å². The van der Waals surface area contributed by atoms with Gasteiger partial charge in [0.05, 0.1) is 5.75 Å². The van der Waals surface area contributed by atoms with E-state index in [-0.39, 0.29) is 22.6 Å². The molecule has 1 N–H and O–H groups in total. The van der Waals surface area contributed by atoms with E-state index < -0.39 is 0 Å². The summed E-state index contributed by atoms with van der Waals surface area (Å²) in [6, 6.07) is 16.1. The van der Waals surface area contributed by atoms with Crippen LogP contribution in [0.2, 0.25) is 0 Å². The van der Waals surface area contributed by atoms with Crippen LogP contribution in [0.3, 0.4) is 0 Å². The lowest BCUT2D eigenvalue weighted by Crippen LogP contribution is -2.29. The molecule has 1 aliphatic rings. The van der Waals surface area contributed by atoms with Gasteiger partial charge in [-0.3, -0.25) is 14.5 Å². The number of carbonyl (C=O) groups is 2. The zero-order chi connectivity index (χ0) is 23.5. The van der Waals surface area contributed by atoms with Crippen LogP contribution in [0.1, 0.15) is 76.8 Å². The second kappa shape index (κ2) is 10.1. The largest absolute Gasteiger partial charge is 0.326 e. The van der Waals surface area contributed by atoms with E-state index in [1.54, 1.807) is 11.8 Å². The summed E-state index contributed by atoms with van der Waals surface area (Å²) in [6.07, 6.45) is 1.53. The Balaban J connectivity index is 1.71. The van der Waals surface area contributed by atoms with Crippen LogP contribution in [0, 0.1) is 11.3 Å². The van der Waals surface area contributed by atoms with Gasteiger partial charge >= 0.3 is 0 Å². The van der Waals surface area contributed by atoms with Gasteiger partial charge in [0.1, 0.15) is 5.37 Å². The molecule has 2 amide bonds. The number of nitrogens with one attached hydrogen (secondary N) is 1. The van der Waals surface area contributed by atoms with Crippen LogP contribution >= 0.6 is 11.8 Å². The second-order valence-corrected chi connectivity index (χ2v) is 11.5. The SMILES string of the molecule is CC(CC(=O)Nc1ccc(C2SCC(=O)N2c2ccccc2C(C)C)cc1)CC(C)(C)C. The lowest BCUT2D eigenvalue weighted by Gasteiger charge is -2.27. The van der Waals surface area contributed by atoms with Crippen molar-refractivity contribution in [1.82, 2.24) is 0 Å². The third-order valence-electron chi connectivity index (χ3n) is 5.66. The van der Waals surface area contributed by atoms with Crippen LogP contribution in [0.15, 0.2) is 48.5 Å². The van der Waals surface area contributed by atoms with Gasteiger partial charge in [-0.05, 0) is 53.0 Å². The van der Waals surface area contributed by atoms with Crippen molar-refractivity contribution >= 4 is 35.0 Å². The van der Waals surface area contributed by atoms with Crippen molar-refractivity contribution < 1.29 is 9.59 Å². The molecule has 2 aromatic carbocycles. The minimum atomic E-state index is -0.0565. The van der Waals surface area contributed by atoms with Crippen LogP contribution in [-0.2, 0) is 9.59 Å². The van der Waals surface area contributed by atoms with E-state index in [1.807, 2.05) is 47.4 Å². The van der Waals surface area contributed by atoms with E-state index in [9.17, 15) is 9.59 Å². The number of hydrogen-bond donors (Lipinski definition) is 1. The Morgan fingerprint density at radius 2 is 1.75 bits per heavy atom. The van der Waals surface area contributed by atoms with Crippen molar-refractivity contribution in [3.05, 3.63) is 59.7 Å². The van der Waals surface area contributed by atoms with Gasteiger partial charge in [0.25, 0.3) is 0 Å². The molecule has 0 radical (unpaired) electrons. The first-order valence-corrected chi connectivity index (χ1v) is 12.5. The molecule has 2 aromatic rings. The summed E-state index contributed by atoms with van der Waals surface area (Å²) in [5.74, 6) is 1.33. The van der Waals surface area contributed by atoms with Gasteiger partial charge in [0.2, 0.25) is 11.8 Å².